The Hall–Kier alpha value is -1.45. The summed E-state index contributed by atoms with van der Waals surface area (Å²) in [6.45, 7) is 4.22. The average Bonchev–Trinajstić information content (AvgIpc) is 2.44. The summed E-state index contributed by atoms with van der Waals surface area (Å²) in [7, 11) is 1.70. The minimum Gasteiger partial charge on any atom is -0.496 e. The number of methoxy groups -OCH3 is 1. The summed E-state index contributed by atoms with van der Waals surface area (Å²) >= 11 is 1.74. The second-order valence-electron chi connectivity index (χ2n) is 4.99. The van der Waals surface area contributed by atoms with Crippen LogP contribution in [0.4, 0.5) is 0 Å². The van der Waals surface area contributed by atoms with E-state index in [0.717, 1.165) is 16.4 Å². The molecule has 0 aliphatic heterocycles. The molecule has 2 N–H and O–H groups in total. The number of thioether (sulfide) groups is 1. The summed E-state index contributed by atoms with van der Waals surface area (Å²) in [5.41, 5.74) is 10.0. The molecule has 2 rings (SSSR count). The van der Waals surface area contributed by atoms with Gasteiger partial charge >= 0.3 is 0 Å². The van der Waals surface area contributed by atoms with E-state index < -0.39 is 0 Å². The molecule has 0 spiro atoms. The molecule has 0 amide bonds. The quantitative estimate of drug-likeness (QED) is 0.841. The van der Waals surface area contributed by atoms with Crippen LogP contribution in [0.15, 0.2) is 47.4 Å². The van der Waals surface area contributed by atoms with Crippen molar-refractivity contribution in [1.29, 1.82) is 0 Å². The number of nitrogens with two attached hydrogens (primary N) is 1. The predicted molar refractivity (Wildman–Crippen MR) is 86.6 cm³/mol. The molecular weight excluding hydrogens is 266 g/mol. The van der Waals surface area contributed by atoms with Gasteiger partial charge in [-0.05, 0) is 31.5 Å². The molecule has 0 fully saturated rings. The van der Waals surface area contributed by atoms with Crippen LogP contribution in [0, 0.1) is 13.8 Å². The van der Waals surface area contributed by atoms with E-state index >= 15 is 0 Å². The van der Waals surface area contributed by atoms with Crippen LogP contribution in [-0.2, 0) is 0 Å². The van der Waals surface area contributed by atoms with Crippen molar-refractivity contribution in [3.05, 3.63) is 59.2 Å². The van der Waals surface area contributed by atoms with Gasteiger partial charge in [0.25, 0.3) is 0 Å². The van der Waals surface area contributed by atoms with E-state index in [1.807, 2.05) is 18.2 Å². The van der Waals surface area contributed by atoms with E-state index in [2.05, 4.69) is 38.1 Å². The zero-order valence-electron chi connectivity index (χ0n) is 12.2. The molecule has 20 heavy (non-hydrogen) atoms. The highest BCUT2D eigenvalue weighted by atomic mass is 32.2. The van der Waals surface area contributed by atoms with E-state index in [0.29, 0.717) is 0 Å². The van der Waals surface area contributed by atoms with Crippen LogP contribution < -0.4 is 10.5 Å². The number of ether oxygens (including phenoxy) is 1. The maximum atomic E-state index is 6.31. The highest BCUT2D eigenvalue weighted by Crippen LogP contribution is 2.31. The van der Waals surface area contributed by atoms with E-state index in [9.17, 15) is 0 Å². The van der Waals surface area contributed by atoms with Gasteiger partial charge < -0.3 is 10.5 Å². The van der Waals surface area contributed by atoms with Crippen LogP contribution in [0.25, 0.3) is 0 Å². The Balaban J connectivity index is 2.06. The summed E-state index contributed by atoms with van der Waals surface area (Å²) in [4.78, 5) is 1.13. The summed E-state index contributed by atoms with van der Waals surface area (Å²) in [6, 6.07) is 14.6. The van der Waals surface area contributed by atoms with E-state index in [4.69, 9.17) is 10.5 Å². The van der Waals surface area contributed by atoms with Crippen LogP contribution in [0.1, 0.15) is 22.7 Å². The molecule has 3 heteroatoms. The third-order valence-corrected chi connectivity index (χ3v) is 4.33. The standard InChI is InChI=1S/C17H21NOS/c1-12-8-13(2)10-14(9-12)15(18)11-20-17-7-5-4-6-16(17)19-3/h4-10,15H,11,18H2,1-3H3. The lowest BCUT2D eigenvalue weighted by Gasteiger charge is -2.14. The lowest BCUT2D eigenvalue weighted by molar-refractivity contribution is 0.405. The fourth-order valence-corrected chi connectivity index (χ4v) is 3.26. The van der Waals surface area contributed by atoms with E-state index in [-0.39, 0.29) is 6.04 Å². The molecule has 2 nitrogen and oxygen atoms in total. The van der Waals surface area contributed by atoms with Crippen molar-refractivity contribution in [3.8, 4) is 5.75 Å². The molecule has 0 aliphatic rings. The zero-order chi connectivity index (χ0) is 14.5. The van der Waals surface area contributed by atoms with Crippen molar-refractivity contribution in [2.45, 2.75) is 24.8 Å². The second-order valence-corrected chi connectivity index (χ2v) is 6.05. The Bertz CT molecular complexity index is 563. The van der Waals surface area contributed by atoms with Gasteiger partial charge in [-0.2, -0.15) is 0 Å². The smallest absolute Gasteiger partial charge is 0.132 e. The molecule has 1 atom stereocenters. The van der Waals surface area contributed by atoms with Crippen LogP contribution in [-0.4, -0.2) is 12.9 Å². The van der Waals surface area contributed by atoms with Gasteiger partial charge in [0, 0.05) is 16.7 Å². The lowest BCUT2D eigenvalue weighted by Crippen LogP contribution is -2.13. The molecular formula is C17H21NOS. The van der Waals surface area contributed by atoms with Crippen LogP contribution in [0.5, 0.6) is 5.75 Å². The Kier molecular flexibility index (Phi) is 5.10. The third kappa shape index (κ3) is 3.78. The van der Waals surface area contributed by atoms with E-state index in [1.165, 1.54) is 16.7 Å². The molecule has 106 valence electrons. The SMILES string of the molecule is COc1ccccc1SCC(N)c1cc(C)cc(C)c1. The number of rotatable bonds is 5. The lowest BCUT2D eigenvalue weighted by atomic mass is 10.0. The monoisotopic (exact) mass is 287 g/mol. The van der Waals surface area contributed by atoms with Crippen LogP contribution in [0.2, 0.25) is 0 Å². The van der Waals surface area contributed by atoms with Gasteiger partial charge in [0.15, 0.2) is 0 Å². The molecule has 0 aliphatic carbocycles. The number of hydrogen-bond donors (Lipinski definition) is 1. The highest BCUT2D eigenvalue weighted by molar-refractivity contribution is 7.99. The first-order chi connectivity index (χ1) is 9.60. The van der Waals surface area contributed by atoms with Crippen LogP contribution >= 0.6 is 11.8 Å². The fraction of sp³-hybridized carbons (Fsp3) is 0.294. The van der Waals surface area contributed by atoms with Gasteiger partial charge in [-0.15, -0.1) is 11.8 Å². The number of para-hydroxylation sites is 1. The van der Waals surface area contributed by atoms with Gasteiger partial charge in [0.2, 0.25) is 0 Å². The zero-order valence-corrected chi connectivity index (χ0v) is 13.0. The second kappa shape index (κ2) is 6.82. The summed E-state index contributed by atoms with van der Waals surface area (Å²) in [5, 5.41) is 0. The molecule has 0 heterocycles. The van der Waals surface area contributed by atoms with Crippen molar-refractivity contribution in [2.24, 2.45) is 5.73 Å². The van der Waals surface area contributed by atoms with Crippen LogP contribution in [0.3, 0.4) is 0 Å². The maximum absolute atomic E-state index is 6.31. The van der Waals surface area contributed by atoms with Gasteiger partial charge in [0.05, 0.1) is 7.11 Å². The Morgan fingerprint density at radius 2 is 1.75 bits per heavy atom. The van der Waals surface area contributed by atoms with Gasteiger partial charge in [-0.3, -0.25) is 0 Å². The first-order valence-electron chi connectivity index (χ1n) is 6.69. The summed E-state index contributed by atoms with van der Waals surface area (Å²) < 4.78 is 5.36. The van der Waals surface area contributed by atoms with Gasteiger partial charge in [-0.1, -0.05) is 41.5 Å². The average molecular weight is 287 g/mol. The molecule has 2 aromatic rings. The van der Waals surface area contributed by atoms with E-state index in [1.54, 1.807) is 18.9 Å². The molecule has 0 aromatic heterocycles. The number of hydrogen-bond acceptors (Lipinski definition) is 3. The van der Waals surface area contributed by atoms with Crippen molar-refractivity contribution in [3.63, 3.8) is 0 Å². The topological polar surface area (TPSA) is 35.2 Å². The van der Waals surface area contributed by atoms with Gasteiger partial charge in [-0.25, -0.2) is 0 Å². The normalized spacial score (nSPS) is 12.2. The Labute approximate surface area is 125 Å². The third-order valence-electron chi connectivity index (χ3n) is 3.16. The van der Waals surface area contributed by atoms with Crippen molar-refractivity contribution < 1.29 is 4.74 Å². The number of benzene rings is 2. The first kappa shape index (κ1) is 14.9. The maximum Gasteiger partial charge on any atom is 0.132 e. The number of aryl methyl sites for hydroxylation is 2. The first-order valence-corrected chi connectivity index (χ1v) is 7.68. The predicted octanol–water partition coefficient (Wildman–Crippen LogP) is 4.10. The molecule has 0 saturated heterocycles. The highest BCUT2D eigenvalue weighted by Gasteiger charge is 2.10. The molecule has 1 unspecified atom stereocenters. The Morgan fingerprint density at radius 1 is 1.10 bits per heavy atom. The van der Waals surface area contributed by atoms with Crippen molar-refractivity contribution in [2.75, 3.05) is 12.9 Å². The van der Waals surface area contributed by atoms with Crippen molar-refractivity contribution in [1.82, 2.24) is 0 Å². The fourth-order valence-electron chi connectivity index (χ4n) is 2.24. The minimum atomic E-state index is 0.0310. The molecule has 0 bridgehead atoms. The van der Waals surface area contributed by atoms with Gasteiger partial charge in [0.1, 0.15) is 5.75 Å². The Morgan fingerprint density at radius 3 is 2.40 bits per heavy atom. The summed E-state index contributed by atoms with van der Waals surface area (Å²) in [5.74, 6) is 1.74. The van der Waals surface area contributed by atoms with Crippen molar-refractivity contribution >= 4 is 11.8 Å². The largest absolute Gasteiger partial charge is 0.496 e. The molecule has 0 saturated carbocycles. The minimum absolute atomic E-state index is 0.0310. The molecule has 0 radical (unpaired) electrons. The molecule has 2 aromatic carbocycles. The summed E-state index contributed by atoms with van der Waals surface area (Å²) in [6.07, 6.45) is 0.